The van der Waals surface area contributed by atoms with Crippen molar-refractivity contribution in [3.63, 3.8) is 0 Å². The molecule has 0 radical (unpaired) electrons. The van der Waals surface area contributed by atoms with Gasteiger partial charge in [0.2, 0.25) is 5.91 Å². The van der Waals surface area contributed by atoms with Gasteiger partial charge in [-0.1, -0.05) is 12.8 Å². The molecule has 0 spiro atoms. The van der Waals surface area contributed by atoms with E-state index in [0.717, 1.165) is 70.9 Å². The summed E-state index contributed by atoms with van der Waals surface area (Å²) in [5.41, 5.74) is -0.297. The van der Waals surface area contributed by atoms with E-state index in [1.54, 1.807) is 4.90 Å². The second-order valence-corrected chi connectivity index (χ2v) is 7.62. The zero-order chi connectivity index (χ0) is 18.3. The maximum atomic E-state index is 12.7. The van der Waals surface area contributed by atoms with Gasteiger partial charge in [-0.25, -0.2) is 0 Å². The van der Waals surface area contributed by atoms with Crippen molar-refractivity contribution in [1.82, 2.24) is 15.1 Å². The van der Waals surface area contributed by atoms with Gasteiger partial charge in [-0.05, 0) is 33.1 Å². The molecule has 144 valence electrons. The van der Waals surface area contributed by atoms with E-state index in [2.05, 4.69) is 17.1 Å². The van der Waals surface area contributed by atoms with E-state index in [1.807, 2.05) is 21.0 Å². The van der Waals surface area contributed by atoms with Crippen LogP contribution in [0.2, 0.25) is 0 Å². The largest absolute Gasteiger partial charge is 0.381 e. The van der Waals surface area contributed by atoms with Gasteiger partial charge in [0, 0.05) is 46.3 Å². The minimum absolute atomic E-state index is 0.236. The molecule has 1 N–H and O–H groups in total. The highest BCUT2D eigenvalue weighted by molar-refractivity contribution is 5.84. The molecule has 1 aliphatic carbocycles. The van der Waals surface area contributed by atoms with Crippen molar-refractivity contribution in [2.24, 2.45) is 16.3 Å². The fraction of sp³-hybridized carbons (Fsp3) is 0.895. The highest BCUT2D eigenvalue weighted by Gasteiger charge is 2.42. The lowest BCUT2D eigenvalue weighted by Crippen LogP contribution is -2.44. The molecule has 0 aromatic carbocycles. The normalized spacial score (nSPS) is 23.1. The number of rotatable bonds is 7. The summed E-state index contributed by atoms with van der Waals surface area (Å²) in [7, 11) is 3.71. The Morgan fingerprint density at radius 2 is 2.04 bits per heavy atom. The lowest BCUT2D eigenvalue weighted by Gasteiger charge is -2.30. The molecule has 6 nitrogen and oxygen atoms in total. The predicted molar refractivity (Wildman–Crippen MR) is 102 cm³/mol. The van der Waals surface area contributed by atoms with Gasteiger partial charge in [-0.2, -0.15) is 0 Å². The fourth-order valence-corrected chi connectivity index (χ4v) is 4.06. The van der Waals surface area contributed by atoms with Gasteiger partial charge in [0.25, 0.3) is 0 Å². The summed E-state index contributed by atoms with van der Waals surface area (Å²) in [5.74, 6) is 1.77. The number of nitrogens with zero attached hydrogens (tertiary/aromatic N) is 3. The Morgan fingerprint density at radius 3 is 2.64 bits per heavy atom. The second kappa shape index (κ2) is 9.41. The molecule has 2 rings (SSSR count). The third-order valence-corrected chi connectivity index (χ3v) is 5.43. The van der Waals surface area contributed by atoms with Crippen LogP contribution in [0.1, 0.15) is 46.0 Å². The molecule has 2 fully saturated rings. The number of amides is 1. The summed E-state index contributed by atoms with van der Waals surface area (Å²) in [6, 6.07) is 0. The molecule has 1 heterocycles. The lowest BCUT2D eigenvalue weighted by atomic mass is 9.85. The number of nitrogens with one attached hydrogen (secondary N) is 1. The van der Waals surface area contributed by atoms with Crippen LogP contribution in [-0.4, -0.2) is 75.2 Å². The van der Waals surface area contributed by atoms with E-state index in [1.165, 1.54) is 0 Å². The van der Waals surface area contributed by atoms with Crippen LogP contribution in [0.15, 0.2) is 4.99 Å². The maximum Gasteiger partial charge on any atom is 0.230 e. The van der Waals surface area contributed by atoms with Gasteiger partial charge in [0.1, 0.15) is 0 Å². The standard InChI is InChI=1S/C19H36N4O2/c1-5-20-18(23-12-9-16(13-23)14-25-6-2)21-15-19(10-7-8-11-19)17(24)22(3)4/h16H,5-15H2,1-4H3,(H,20,21). The first-order chi connectivity index (χ1) is 12.0. The van der Waals surface area contributed by atoms with E-state index in [0.29, 0.717) is 12.5 Å². The molecular weight excluding hydrogens is 316 g/mol. The van der Waals surface area contributed by atoms with Crippen molar-refractivity contribution in [2.45, 2.75) is 46.0 Å². The van der Waals surface area contributed by atoms with Crippen LogP contribution in [0.5, 0.6) is 0 Å². The Balaban J connectivity index is 2.04. The zero-order valence-corrected chi connectivity index (χ0v) is 16.5. The smallest absolute Gasteiger partial charge is 0.230 e. The highest BCUT2D eigenvalue weighted by Crippen LogP contribution is 2.39. The molecule has 6 heteroatoms. The van der Waals surface area contributed by atoms with Crippen LogP contribution in [0.25, 0.3) is 0 Å². The molecule has 1 amide bonds. The molecular formula is C19H36N4O2. The molecule has 1 unspecified atom stereocenters. The second-order valence-electron chi connectivity index (χ2n) is 7.62. The van der Waals surface area contributed by atoms with Crippen LogP contribution in [-0.2, 0) is 9.53 Å². The van der Waals surface area contributed by atoms with E-state index in [-0.39, 0.29) is 11.3 Å². The van der Waals surface area contributed by atoms with Crippen molar-refractivity contribution in [1.29, 1.82) is 0 Å². The van der Waals surface area contributed by atoms with Crippen molar-refractivity contribution in [3.05, 3.63) is 0 Å². The topological polar surface area (TPSA) is 57.2 Å². The lowest BCUT2D eigenvalue weighted by molar-refractivity contribution is -0.138. The third-order valence-electron chi connectivity index (χ3n) is 5.43. The summed E-state index contributed by atoms with van der Waals surface area (Å²) < 4.78 is 5.58. The fourth-order valence-electron chi connectivity index (χ4n) is 4.06. The zero-order valence-electron chi connectivity index (χ0n) is 16.5. The summed E-state index contributed by atoms with van der Waals surface area (Å²) in [4.78, 5) is 21.7. The number of carbonyl (C=O) groups is 1. The molecule has 1 saturated carbocycles. The minimum Gasteiger partial charge on any atom is -0.381 e. The number of aliphatic imine (C=N–C) groups is 1. The van der Waals surface area contributed by atoms with Crippen molar-refractivity contribution in [3.8, 4) is 0 Å². The van der Waals surface area contributed by atoms with Gasteiger partial charge in [-0.3, -0.25) is 9.79 Å². The first-order valence-electron chi connectivity index (χ1n) is 9.85. The Kier molecular flexibility index (Phi) is 7.54. The maximum absolute atomic E-state index is 12.7. The van der Waals surface area contributed by atoms with Crippen molar-refractivity contribution >= 4 is 11.9 Å². The molecule has 2 aliphatic rings. The predicted octanol–water partition coefficient (Wildman–Crippen LogP) is 1.96. The van der Waals surface area contributed by atoms with Crippen LogP contribution >= 0.6 is 0 Å². The average molecular weight is 353 g/mol. The molecule has 1 atom stereocenters. The Bertz CT molecular complexity index is 458. The van der Waals surface area contributed by atoms with E-state index in [4.69, 9.17) is 9.73 Å². The Morgan fingerprint density at radius 1 is 1.32 bits per heavy atom. The summed E-state index contributed by atoms with van der Waals surface area (Å²) in [5, 5.41) is 3.42. The van der Waals surface area contributed by atoms with Gasteiger partial charge < -0.3 is 19.9 Å². The number of hydrogen-bond acceptors (Lipinski definition) is 3. The number of likely N-dealkylation sites (tertiary alicyclic amines) is 1. The van der Waals surface area contributed by atoms with Crippen LogP contribution < -0.4 is 5.32 Å². The number of guanidine groups is 1. The summed E-state index contributed by atoms with van der Waals surface area (Å²) >= 11 is 0. The molecule has 0 aromatic rings. The Labute approximate surface area is 153 Å². The van der Waals surface area contributed by atoms with Gasteiger partial charge >= 0.3 is 0 Å². The van der Waals surface area contributed by atoms with Crippen molar-refractivity contribution in [2.75, 3.05) is 53.5 Å². The summed E-state index contributed by atoms with van der Waals surface area (Å²) in [6.45, 7) is 9.19. The average Bonchev–Trinajstić information content (AvgIpc) is 3.26. The molecule has 25 heavy (non-hydrogen) atoms. The van der Waals surface area contributed by atoms with E-state index >= 15 is 0 Å². The number of hydrogen-bond donors (Lipinski definition) is 1. The van der Waals surface area contributed by atoms with Crippen molar-refractivity contribution < 1.29 is 9.53 Å². The first-order valence-corrected chi connectivity index (χ1v) is 9.85. The highest BCUT2D eigenvalue weighted by atomic mass is 16.5. The third kappa shape index (κ3) is 5.09. The monoisotopic (exact) mass is 352 g/mol. The van der Waals surface area contributed by atoms with Gasteiger partial charge in [0.05, 0.1) is 18.6 Å². The quantitative estimate of drug-likeness (QED) is 0.562. The molecule has 1 saturated heterocycles. The number of ether oxygens (including phenoxy) is 1. The summed E-state index contributed by atoms with van der Waals surface area (Å²) in [6.07, 6.45) is 5.32. The van der Waals surface area contributed by atoms with E-state index in [9.17, 15) is 4.79 Å². The molecule has 0 bridgehead atoms. The van der Waals surface area contributed by atoms with Crippen LogP contribution in [0.3, 0.4) is 0 Å². The Hall–Kier alpha value is -1.30. The molecule has 1 aliphatic heterocycles. The van der Waals surface area contributed by atoms with Crippen LogP contribution in [0, 0.1) is 11.3 Å². The molecule has 0 aromatic heterocycles. The minimum atomic E-state index is -0.297. The number of carbonyl (C=O) groups excluding carboxylic acids is 1. The van der Waals surface area contributed by atoms with E-state index < -0.39 is 0 Å². The van der Waals surface area contributed by atoms with Crippen LogP contribution in [0.4, 0.5) is 0 Å². The van der Waals surface area contributed by atoms with Gasteiger partial charge in [0.15, 0.2) is 5.96 Å². The first kappa shape index (κ1) is 20.0. The SMILES string of the molecule is CCNC(=NCC1(C(=O)N(C)C)CCCC1)N1CCC(COCC)C1. The van der Waals surface area contributed by atoms with Gasteiger partial charge in [-0.15, -0.1) is 0 Å².